The van der Waals surface area contributed by atoms with E-state index in [1.165, 1.54) is 0 Å². The highest BCUT2D eigenvalue weighted by Gasteiger charge is 2.34. The predicted octanol–water partition coefficient (Wildman–Crippen LogP) is 1.95. The SMILES string of the molecule is CCCS(=O)(=O)N1CCC(n2c(C(C)O)nc3cnc4[nH]ccc4c32)C1. The summed E-state index contributed by atoms with van der Waals surface area (Å²) in [6, 6.07) is 1.88. The smallest absolute Gasteiger partial charge is 0.214 e. The van der Waals surface area contributed by atoms with Gasteiger partial charge in [-0.05, 0) is 25.8 Å². The zero-order chi connectivity index (χ0) is 18.5. The molecule has 26 heavy (non-hydrogen) atoms. The summed E-state index contributed by atoms with van der Waals surface area (Å²) in [6.45, 7) is 4.45. The number of aromatic nitrogens is 4. The van der Waals surface area contributed by atoms with E-state index in [-0.39, 0.29) is 11.8 Å². The lowest BCUT2D eigenvalue weighted by molar-refractivity contribution is 0.182. The third-order valence-electron chi connectivity index (χ3n) is 4.98. The molecule has 2 unspecified atom stereocenters. The Morgan fingerprint density at radius 2 is 2.27 bits per heavy atom. The van der Waals surface area contributed by atoms with E-state index in [9.17, 15) is 13.5 Å². The van der Waals surface area contributed by atoms with E-state index in [0.717, 1.165) is 16.6 Å². The molecular formula is C17H23N5O3S. The lowest BCUT2D eigenvalue weighted by Gasteiger charge is -2.20. The van der Waals surface area contributed by atoms with Crippen molar-refractivity contribution >= 4 is 32.1 Å². The maximum absolute atomic E-state index is 12.4. The quantitative estimate of drug-likeness (QED) is 0.707. The Morgan fingerprint density at radius 3 is 3.00 bits per heavy atom. The molecular weight excluding hydrogens is 354 g/mol. The Morgan fingerprint density at radius 1 is 1.46 bits per heavy atom. The second-order valence-corrected chi connectivity index (χ2v) is 8.95. The molecule has 1 saturated heterocycles. The maximum atomic E-state index is 12.4. The van der Waals surface area contributed by atoms with Gasteiger partial charge in [0.25, 0.3) is 0 Å². The molecule has 1 aliphatic heterocycles. The number of nitrogens with one attached hydrogen (secondary N) is 1. The normalized spacial score (nSPS) is 20.3. The van der Waals surface area contributed by atoms with Crippen LogP contribution in [0, 0.1) is 0 Å². The molecule has 1 aliphatic rings. The highest BCUT2D eigenvalue weighted by molar-refractivity contribution is 7.89. The first-order valence-electron chi connectivity index (χ1n) is 8.92. The summed E-state index contributed by atoms with van der Waals surface area (Å²) in [4.78, 5) is 12.0. The van der Waals surface area contributed by atoms with Gasteiger partial charge in [-0.2, -0.15) is 4.31 Å². The number of fused-ring (bicyclic) bond motifs is 3. The van der Waals surface area contributed by atoms with E-state index in [0.29, 0.717) is 37.3 Å². The number of pyridine rings is 1. The summed E-state index contributed by atoms with van der Waals surface area (Å²) >= 11 is 0. The number of aromatic amines is 1. The summed E-state index contributed by atoms with van der Waals surface area (Å²) in [5, 5.41) is 11.2. The first-order chi connectivity index (χ1) is 12.4. The van der Waals surface area contributed by atoms with Crippen molar-refractivity contribution in [1.82, 2.24) is 23.8 Å². The minimum absolute atomic E-state index is 0.0586. The van der Waals surface area contributed by atoms with E-state index in [1.807, 2.05) is 23.8 Å². The summed E-state index contributed by atoms with van der Waals surface area (Å²) in [5.41, 5.74) is 2.36. The van der Waals surface area contributed by atoms with Crippen LogP contribution in [-0.2, 0) is 10.0 Å². The van der Waals surface area contributed by atoms with Crippen LogP contribution < -0.4 is 0 Å². The predicted molar refractivity (Wildman–Crippen MR) is 99.3 cm³/mol. The number of aliphatic hydroxyl groups excluding tert-OH is 1. The van der Waals surface area contributed by atoms with Crippen molar-refractivity contribution in [3.63, 3.8) is 0 Å². The zero-order valence-corrected chi connectivity index (χ0v) is 15.7. The van der Waals surface area contributed by atoms with Gasteiger partial charge < -0.3 is 14.7 Å². The van der Waals surface area contributed by atoms with Crippen molar-refractivity contribution in [3.05, 3.63) is 24.3 Å². The van der Waals surface area contributed by atoms with E-state index in [2.05, 4.69) is 15.0 Å². The largest absolute Gasteiger partial charge is 0.385 e. The van der Waals surface area contributed by atoms with Crippen molar-refractivity contribution in [2.24, 2.45) is 0 Å². The fraction of sp³-hybridized carbons (Fsp3) is 0.529. The molecule has 0 aromatic carbocycles. The number of H-pyrrole nitrogens is 1. The van der Waals surface area contributed by atoms with Gasteiger partial charge >= 0.3 is 0 Å². The minimum Gasteiger partial charge on any atom is -0.385 e. The first kappa shape index (κ1) is 17.4. The number of nitrogens with zero attached hydrogens (tertiary/aromatic N) is 4. The molecule has 2 atom stereocenters. The van der Waals surface area contributed by atoms with Gasteiger partial charge in [0, 0.05) is 24.7 Å². The van der Waals surface area contributed by atoms with E-state index in [4.69, 9.17) is 0 Å². The number of sulfonamides is 1. The summed E-state index contributed by atoms with van der Waals surface area (Å²) < 4.78 is 28.5. The molecule has 4 heterocycles. The summed E-state index contributed by atoms with van der Waals surface area (Å²) in [5.74, 6) is 0.717. The van der Waals surface area contributed by atoms with Gasteiger partial charge in [0.05, 0.1) is 23.5 Å². The lowest BCUT2D eigenvalue weighted by Crippen LogP contribution is -2.31. The van der Waals surface area contributed by atoms with Crippen LogP contribution in [0.5, 0.6) is 0 Å². The van der Waals surface area contributed by atoms with Crippen molar-refractivity contribution in [3.8, 4) is 0 Å². The van der Waals surface area contributed by atoms with Crippen LogP contribution in [0.25, 0.3) is 22.1 Å². The monoisotopic (exact) mass is 377 g/mol. The van der Waals surface area contributed by atoms with Crippen LogP contribution in [0.3, 0.4) is 0 Å². The molecule has 0 bridgehead atoms. The topological polar surface area (TPSA) is 104 Å². The van der Waals surface area contributed by atoms with Gasteiger partial charge in [-0.25, -0.2) is 18.4 Å². The van der Waals surface area contributed by atoms with E-state index < -0.39 is 16.1 Å². The maximum Gasteiger partial charge on any atom is 0.214 e. The summed E-state index contributed by atoms with van der Waals surface area (Å²) in [7, 11) is -3.23. The number of hydrogen-bond acceptors (Lipinski definition) is 5. The molecule has 3 aromatic rings. The highest BCUT2D eigenvalue weighted by atomic mass is 32.2. The first-order valence-corrected chi connectivity index (χ1v) is 10.5. The van der Waals surface area contributed by atoms with E-state index >= 15 is 0 Å². The minimum atomic E-state index is -3.23. The fourth-order valence-corrected chi connectivity index (χ4v) is 5.39. The van der Waals surface area contributed by atoms with E-state index in [1.54, 1.807) is 17.4 Å². The lowest BCUT2D eigenvalue weighted by atomic mass is 10.2. The van der Waals surface area contributed by atoms with Crippen LogP contribution in [-0.4, -0.2) is 56.2 Å². The molecule has 9 heteroatoms. The Kier molecular flexibility index (Phi) is 4.25. The molecule has 140 valence electrons. The molecule has 2 N–H and O–H groups in total. The number of imidazole rings is 1. The van der Waals surface area contributed by atoms with Gasteiger partial charge in [0.2, 0.25) is 10.0 Å². The second-order valence-electron chi connectivity index (χ2n) is 6.86. The zero-order valence-electron chi connectivity index (χ0n) is 14.9. The third kappa shape index (κ3) is 2.70. The van der Waals surface area contributed by atoms with Crippen molar-refractivity contribution in [2.45, 2.75) is 38.8 Å². The number of rotatable bonds is 5. The molecule has 4 rings (SSSR count). The Labute approximate surface area is 151 Å². The second kappa shape index (κ2) is 6.33. The highest BCUT2D eigenvalue weighted by Crippen LogP contribution is 2.34. The van der Waals surface area contributed by atoms with Gasteiger partial charge in [0.1, 0.15) is 23.1 Å². The molecule has 0 amide bonds. The average molecular weight is 377 g/mol. The van der Waals surface area contributed by atoms with Crippen LogP contribution in [0.1, 0.15) is 44.7 Å². The molecule has 0 saturated carbocycles. The molecule has 3 aromatic heterocycles. The molecule has 0 spiro atoms. The van der Waals surface area contributed by atoms with Crippen LogP contribution >= 0.6 is 0 Å². The standard InChI is InChI=1S/C17H23N5O3S/c1-3-8-26(24,25)21-7-5-12(10-21)22-15-13-4-6-18-16(13)19-9-14(15)20-17(22)11(2)23/h4,6,9,11-12,23H,3,5,7-8,10H2,1-2H3,(H,18,19). The van der Waals surface area contributed by atoms with Crippen molar-refractivity contribution in [1.29, 1.82) is 0 Å². The van der Waals surface area contributed by atoms with Crippen LogP contribution in [0.2, 0.25) is 0 Å². The molecule has 0 aliphatic carbocycles. The van der Waals surface area contributed by atoms with Crippen molar-refractivity contribution < 1.29 is 13.5 Å². The molecule has 1 fully saturated rings. The van der Waals surface area contributed by atoms with Crippen LogP contribution in [0.4, 0.5) is 0 Å². The Bertz CT molecular complexity index is 1050. The number of hydrogen-bond donors (Lipinski definition) is 2. The average Bonchev–Trinajstić information content (AvgIpc) is 3.30. The van der Waals surface area contributed by atoms with Gasteiger partial charge in [0.15, 0.2) is 0 Å². The van der Waals surface area contributed by atoms with Crippen LogP contribution in [0.15, 0.2) is 18.5 Å². The Balaban J connectivity index is 1.83. The van der Waals surface area contributed by atoms with Gasteiger partial charge in [-0.15, -0.1) is 0 Å². The fourth-order valence-electron chi connectivity index (χ4n) is 3.84. The Hall–Kier alpha value is -1.97. The van der Waals surface area contributed by atoms with Crippen molar-refractivity contribution in [2.75, 3.05) is 18.8 Å². The number of aliphatic hydroxyl groups is 1. The van der Waals surface area contributed by atoms with Gasteiger partial charge in [-0.3, -0.25) is 0 Å². The van der Waals surface area contributed by atoms with Gasteiger partial charge in [-0.1, -0.05) is 6.92 Å². The third-order valence-corrected chi connectivity index (χ3v) is 7.02. The summed E-state index contributed by atoms with van der Waals surface area (Å²) in [6.07, 6.45) is 4.06. The molecule has 8 nitrogen and oxygen atoms in total. The molecule has 0 radical (unpaired) electrons.